The quantitative estimate of drug-likeness (QED) is 0.437. The van der Waals surface area contributed by atoms with Gasteiger partial charge in [-0.3, -0.25) is 9.69 Å². The number of hydrogen-bond acceptors (Lipinski definition) is 8. The number of oxazole rings is 1. The molecule has 1 amide bonds. The Balaban J connectivity index is 1.37. The number of rotatable bonds is 9. The number of fused-ring (bicyclic) bond motifs is 1. The molecule has 3 heterocycles. The van der Waals surface area contributed by atoms with Gasteiger partial charge in [0.05, 0.1) is 20.8 Å². The van der Waals surface area contributed by atoms with Gasteiger partial charge in [0.2, 0.25) is 12.7 Å². The van der Waals surface area contributed by atoms with Crippen molar-refractivity contribution >= 4 is 5.91 Å². The van der Waals surface area contributed by atoms with Crippen molar-refractivity contribution in [3.63, 3.8) is 0 Å². The number of hydrogen-bond donors (Lipinski definition) is 0. The van der Waals surface area contributed by atoms with Gasteiger partial charge in [-0.1, -0.05) is 18.2 Å². The van der Waals surface area contributed by atoms with Crippen molar-refractivity contribution in [2.45, 2.75) is 38.9 Å². The number of amides is 1. The maximum absolute atomic E-state index is 12.9. The Morgan fingerprint density at radius 2 is 1.83 bits per heavy atom. The minimum atomic E-state index is -0.0681. The number of para-hydroxylation sites is 1. The van der Waals surface area contributed by atoms with Crippen LogP contribution >= 0.6 is 0 Å². The minimum Gasteiger partial charge on any atom is -0.493 e. The van der Waals surface area contributed by atoms with E-state index < -0.39 is 0 Å². The van der Waals surface area contributed by atoms with Crippen LogP contribution in [0.4, 0.5) is 0 Å². The molecule has 36 heavy (non-hydrogen) atoms. The lowest BCUT2D eigenvalue weighted by molar-refractivity contribution is 0.0718. The van der Waals surface area contributed by atoms with Crippen LogP contribution in [0.1, 0.15) is 46.8 Å². The Hall–Kier alpha value is -3.72. The topological polar surface area (TPSA) is 86.5 Å². The molecule has 9 nitrogen and oxygen atoms in total. The molecule has 2 aromatic carbocycles. The number of benzene rings is 2. The minimum absolute atomic E-state index is 0.0681. The lowest BCUT2D eigenvalue weighted by Gasteiger charge is -2.25. The molecule has 5 rings (SSSR count). The number of nitrogens with zero attached hydrogens (tertiary/aromatic N) is 3. The average Bonchev–Trinajstić information content (AvgIpc) is 3.58. The monoisotopic (exact) mass is 493 g/mol. The molecule has 9 heteroatoms. The molecule has 0 radical (unpaired) electrons. The fourth-order valence-electron chi connectivity index (χ4n) is 4.72. The second-order valence-corrected chi connectivity index (χ2v) is 8.96. The van der Waals surface area contributed by atoms with Crippen LogP contribution in [0.25, 0.3) is 0 Å². The predicted molar refractivity (Wildman–Crippen MR) is 131 cm³/mol. The van der Waals surface area contributed by atoms with Crippen molar-refractivity contribution < 1.29 is 28.2 Å². The number of ether oxygens (including phenoxy) is 4. The molecule has 0 spiro atoms. The smallest absolute Gasteiger partial charge is 0.275 e. The second kappa shape index (κ2) is 10.9. The van der Waals surface area contributed by atoms with Crippen molar-refractivity contribution in [2.24, 2.45) is 0 Å². The first-order valence-corrected chi connectivity index (χ1v) is 12.2. The van der Waals surface area contributed by atoms with Gasteiger partial charge < -0.3 is 28.3 Å². The molecular formula is C27H31N3O6. The summed E-state index contributed by atoms with van der Waals surface area (Å²) in [6, 6.07) is 11.7. The molecule has 0 unspecified atom stereocenters. The van der Waals surface area contributed by atoms with E-state index in [-0.39, 0.29) is 12.7 Å². The zero-order valence-corrected chi connectivity index (χ0v) is 20.7. The molecule has 0 bridgehead atoms. The molecule has 0 atom stereocenters. The molecule has 0 N–H and O–H groups in total. The van der Waals surface area contributed by atoms with Gasteiger partial charge in [0.1, 0.15) is 6.26 Å². The molecule has 1 saturated heterocycles. The summed E-state index contributed by atoms with van der Waals surface area (Å²) in [6.07, 6.45) is 4.69. The predicted octanol–water partition coefficient (Wildman–Crippen LogP) is 4.25. The molecule has 190 valence electrons. The summed E-state index contributed by atoms with van der Waals surface area (Å²) >= 11 is 0. The second-order valence-electron chi connectivity index (χ2n) is 8.96. The number of carbonyl (C=O) groups excluding carboxylic acids is 1. The zero-order chi connectivity index (χ0) is 24.9. The Labute approximate surface area is 210 Å². The fourth-order valence-corrected chi connectivity index (χ4v) is 4.72. The Morgan fingerprint density at radius 3 is 2.64 bits per heavy atom. The van der Waals surface area contributed by atoms with E-state index in [1.807, 2.05) is 41.3 Å². The van der Waals surface area contributed by atoms with Gasteiger partial charge in [-0.15, -0.1) is 0 Å². The van der Waals surface area contributed by atoms with Gasteiger partial charge in [-0.2, -0.15) is 0 Å². The lowest BCUT2D eigenvalue weighted by atomic mass is 10.1. The highest BCUT2D eigenvalue weighted by Crippen LogP contribution is 2.34. The number of aromatic nitrogens is 1. The van der Waals surface area contributed by atoms with Gasteiger partial charge in [0.15, 0.2) is 28.7 Å². The van der Waals surface area contributed by atoms with Gasteiger partial charge in [-0.25, -0.2) is 4.98 Å². The number of carbonyl (C=O) groups is 1. The van der Waals surface area contributed by atoms with Crippen LogP contribution in [-0.2, 0) is 19.6 Å². The maximum Gasteiger partial charge on any atom is 0.275 e. The van der Waals surface area contributed by atoms with Gasteiger partial charge in [-0.05, 0) is 43.0 Å². The van der Waals surface area contributed by atoms with E-state index >= 15 is 0 Å². The number of piperidine rings is 1. The van der Waals surface area contributed by atoms with Crippen LogP contribution < -0.4 is 18.9 Å². The number of methoxy groups -OCH3 is 2. The molecule has 0 aliphatic carbocycles. The largest absolute Gasteiger partial charge is 0.493 e. The van der Waals surface area contributed by atoms with Crippen molar-refractivity contribution in [3.05, 3.63) is 65.4 Å². The maximum atomic E-state index is 12.9. The summed E-state index contributed by atoms with van der Waals surface area (Å²) in [5.74, 6) is 3.25. The third-order valence-corrected chi connectivity index (χ3v) is 6.49. The Bertz CT molecular complexity index is 1200. The van der Waals surface area contributed by atoms with Crippen LogP contribution in [0.15, 0.2) is 47.1 Å². The van der Waals surface area contributed by atoms with Crippen molar-refractivity contribution in [3.8, 4) is 23.0 Å². The van der Waals surface area contributed by atoms with Crippen LogP contribution in [0.2, 0.25) is 0 Å². The van der Waals surface area contributed by atoms with Crippen molar-refractivity contribution in [1.29, 1.82) is 0 Å². The van der Waals surface area contributed by atoms with Crippen LogP contribution in [-0.4, -0.2) is 54.8 Å². The van der Waals surface area contributed by atoms with Gasteiger partial charge >= 0.3 is 0 Å². The van der Waals surface area contributed by atoms with E-state index in [9.17, 15) is 4.79 Å². The van der Waals surface area contributed by atoms with Crippen LogP contribution in [0.3, 0.4) is 0 Å². The highest BCUT2D eigenvalue weighted by molar-refractivity contribution is 5.92. The third kappa shape index (κ3) is 5.26. The lowest BCUT2D eigenvalue weighted by Crippen LogP contribution is -2.35. The summed E-state index contributed by atoms with van der Waals surface area (Å²) in [4.78, 5) is 21.5. The molecule has 1 aromatic heterocycles. The molecule has 0 saturated carbocycles. The van der Waals surface area contributed by atoms with Crippen molar-refractivity contribution in [2.75, 3.05) is 34.1 Å². The van der Waals surface area contributed by atoms with Crippen LogP contribution in [0, 0.1) is 0 Å². The molecule has 2 aliphatic heterocycles. The summed E-state index contributed by atoms with van der Waals surface area (Å²) in [5, 5.41) is 0. The SMILES string of the molecule is COc1cccc(CN(Cc2ccc3c(c2)OCO3)Cc2nc(C(=O)N3CCCCC3)co2)c1OC. The number of likely N-dealkylation sites (tertiary alicyclic amines) is 1. The normalized spacial score (nSPS) is 14.8. The fraction of sp³-hybridized carbons (Fsp3) is 0.407. The van der Waals surface area contributed by atoms with E-state index in [2.05, 4.69) is 9.88 Å². The summed E-state index contributed by atoms with van der Waals surface area (Å²) in [5.41, 5.74) is 2.37. The highest BCUT2D eigenvalue weighted by atomic mass is 16.7. The van der Waals surface area contributed by atoms with Gasteiger partial charge in [0.25, 0.3) is 5.91 Å². The first kappa shape index (κ1) is 24.0. The molecule has 2 aliphatic rings. The zero-order valence-electron chi connectivity index (χ0n) is 20.7. The standard InChI is InChI=1S/C27H31N3O6/c1-32-23-8-6-7-20(26(23)33-2)15-29(14-19-9-10-22-24(13-19)36-18-35-22)16-25-28-21(17-34-25)27(31)30-11-4-3-5-12-30/h6-10,13,17H,3-5,11-12,14-16,18H2,1-2H3. The summed E-state index contributed by atoms with van der Waals surface area (Å²) < 4.78 is 27.9. The molecule has 3 aromatic rings. The van der Waals surface area contributed by atoms with E-state index in [4.69, 9.17) is 23.4 Å². The molecular weight excluding hydrogens is 462 g/mol. The van der Waals surface area contributed by atoms with Crippen molar-refractivity contribution in [1.82, 2.24) is 14.8 Å². The first-order chi connectivity index (χ1) is 17.6. The Morgan fingerprint density at radius 1 is 1.00 bits per heavy atom. The van der Waals surface area contributed by atoms with E-state index in [0.29, 0.717) is 42.7 Å². The van der Waals surface area contributed by atoms with E-state index in [1.54, 1.807) is 14.2 Å². The third-order valence-electron chi connectivity index (χ3n) is 6.49. The molecule has 1 fully saturated rings. The average molecular weight is 494 g/mol. The first-order valence-electron chi connectivity index (χ1n) is 12.2. The Kier molecular flexibility index (Phi) is 7.27. The van der Waals surface area contributed by atoms with E-state index in [1.165, 1.54) is 6.26 Å². The van der Waals surface area contributed by atoms with Crippen LogP contribution in [0.5, 0.6) is 23.0 Å². The summed E-state index contributed by atoms with van der Waals surface area (Å²) in [7, 11) is 3.26. The van der Waals surface area contributed by atoms with Gasteiger partial charge in [0, 0.05) is 31.7 Å². The summed E-state index contributed by atoms with van der Waals surface area (Å²) in [6.45, 7) is 3.32. The van der Waals surface area contributed by atoms with E-state index in [0.717, 1.165) is 55.0 Å². The highest BCUT2D eigenvalue weighted by Gasteiger charge is 2.23.